The summed E-state index contributed by atoms with van der Waals surface area (Å²) in [6, 6.07) is 14.4. The molecule has 0 aromatic heterocycles. The van der Waals surface area contributed by atoms with Crippen LogP contribution in [0.2, 0.25) is 0 Å². The minimum absolute atomic E-state index is 0.383. The van der Waals surface area contributed by atoms with Crippen LogP contribution in [-0.2, 0) is 10.7 Å². The van der Waals surface area contributed by atoms with Crippen molar-refractivity contribution in [3.63, 3.8) is 0 Å². The topological polar surface area (TPSA) is 57.5 Å². The molecule has 2 rings (SSSR count). The standard InChI is InChI=1S/C15H13ClO3/c16-9-10-5-7-11(8-6-10)12-3-1-2-4-13(12)14(17)15(18)19/h1-8,14,17H,9H2,(H,18,19). The molecule has 3 nitrogen and oxygen atoms in total. The minimum Gasteiger partial charge on any atom is -0.479 e. The van der Waals surface area contributed by atoms with E-state index in [1.165, 1.54) is 0 Å². The molecule has 0 aliphatic heterocycles. The third-order valence-corrected chi connectivity index (χ3v) is 3.22. The molecule has 0 radical (unpaired) electrons. The molecule has 0 saturated heterocycles. The highest BCUT2D eigenvalue weighted by molar-refractivity contribution is 6.17. The summed E-state index contributed by atoms with van der Waals surface area (Å²) in [4.78, 5) is 10.9. The van der Waals surface area contributed by atoms with Crippen molar-refractivity contribution in [3.8, 4) is 11.1 Å². The molecule has 19 heavy (non-hydrogen) atoms. The van der Waals surface area contributed by atoms with Crippen molar-refractivity contribution in [1.82, 2.24) is 0 Å². The van der Waals surface area contributed by atoms with E-state index in [1.54, 1.807) is 18.2 Å². The number of rotatable bonds is 4. The van der Waals surface area contributed by atoms with Crippen molar-refractivity contribution in [1.29, 1.82) is 0 Å². The number of carboxylic acid groups (broad SMARTS) is 1. The maximum atomic E-state index is 10.9. The van der Waals surface area contributed by atoms with Crippen LogP contribution in [0.1, 0.15) is 17.2 Å². The number of benzene rings is 2. The predicted molar refractivity (Wildman–Crippen MR) is 74.0 cm³/mol. The Morgan fingerprint density at radius 2 is 1.74 bits per heavy atom. The van der Waals surface area contributed by atoms with Gasteiger partial charge in [-0.15, -0.1) is 11.6 Å². The summed E-state index contributed by atoms with van der Waals surface area (Å²) in [5, 5.41) is 18.6. The highest BCUT2D eigenvalue weighted by atomic mass is 35.5. The van der Waals surface area contributed by atoms with Gasteiger partial charge in [0.2, 0.25) is 0 Å². The molecular weight excluding hydrogens is 264 g/mol. The van der Waals surface area contributed by atoms with Crippen LogP contribution in [0.25, 0.3) is 11.1 Å². The van der Waals surface area contributed by atoms with Crippen LogP contribution >= 0.6 is 11.6 Å². The van der Waals surface area contributed by atoms with Crippen molar-refractivity contribution in [3.05, 3.63) is 59.7 Å². The van der Waals surface area contributed by atoms with Gasteiger partial charge in [-0.25, -0.2) is 4.79 Å². The lowest BCUT2D eigenvalue weighted by Gasteiger charge is -2.12. The van der Waals surface area contributed by atoms with Crippen molar-refractivity contribution in [2.75, 3.05) is 0 Å². The van der Waals surface area contributed by atoms with E-state index < -0.39 is 12.1 Å². The average molecular weight is 277 g/mol. The van der Waals surface area contributed by atoms with Crippen LogP contribution in [0, 0.1) is 0 Å². The van der Waals surface area contributed by atoms with Crippen LogP contribution in [-0.4, -0.2) is 16.2 Å². The Kier molecular flexibility index (Phi) is 4.20. The molecule has 2 N–H and O–H groups in total. The Morgan fingerprint density at radius 1 is 1.11 bits per heavy atom. The van der Waals surface area contributed by atoms with E-state index in [0.717, 1.165) is 11.1 Å². The Balaban J connectivity index is 2.46. The van der Waals surface area contributed by atoms with Gasteiger partial charge in [0.15, 0.2) is 6.10 Å². The summed E-state index contributed by atoms with van der Waals surface area (Å²) in [7, 11) is 0. The molecule has 0 amide bonds. The quantitative estimate of drug-likeness (QED) is 0.843. The normalized spacial score (nSPS) is 12.1. The smallest absolute Gasteiger partial charge is 0.337 e. The molecular formula is C15H13ClO3. The fraction of sp³-hybridized carbons (Fsp3) is 0.133. The number of carboxylic acids is 1. The molecule has 0 aliphatic carbocycles. The van der Waals surface area contributed by atoms with E-state index in [9.17, 15) is 9.90 Å². The van der Waals surface area contributed by atoms with Gasteiger partial charge >= 0.3 is 5.97 Å². The van der Waals surface area contributed by atoms with Crippen molar-refractivity contribution >= 4 is 17.6 Å². The van der Waals surface area contributed by atoms with E-state index in [1.807, 2.05) is 30.3 Å². The lowest BCUT2D eigenvalue weighted by atomic mass is 9.96. The number of aliphatic hydroxyl groups is 1. The van der Waals surface area contributed by atoms with Gasteiger partial charge in [-0.1, -0.05) is 48.5 Å². The van der Waals surface area contributed by atoms with Gasteiger partial charge in [0, 0.05) is 5.88 Å². The summed E-state index contributed by atoms with van der Waals surface area (Å²) in [6.45, 7) is 0. The van der Waals surface area contributed by atoms with Gasteiger partial charge in [0.05, 0.1) is 0 Å². The molecule has 98 valence electrons. The second-order valence-electron chi connectivity index (χ2n) is 4.16. The Morgan fingerprint density at radius 3 is 2.32 bits per heavy atom. The zero-order chi connectivity index (χ0) is 13.8. The molecule has 2 aromatic carbocycles. The fourth-order valence-corrected chi connectivity index (χ4v) is 2.08. The first kappa shape index (κ1) is 13.6. The largest absolute Gasteiger partial charge is 0.479 e. The molecule has 2 aromatic rings. The summed E-state index contributed by atoms with van der Waals surface area (Å²) in [6.07, 6.45) is -1.52. The number of carbonyl (C=O) groups is 1. The monoisotopic (exact) mass is 276 g/mol. The van der Waals surface area contributed by atoms with Crippen LogP contribution in [0.5, 0.6) is 0 Å². The first-order valence-electron chi connectivity index (χ1n) is 5.78. The first-order chi connectivity index (χ1) is 9.13. The van der Waals surface area contributed by atoms with Gasteiger partial charge in [-0.05, 0) is 22.3 Å². The Labute approximate surface area is 116 Å². The van der Waals surface area contributed by atoms with Gasteiger partial charge in [-0.2, -0.15) is 0 Å². The van der Waals surface area contributed by atoms with Crippen LogP contribution < -0.4 is 0 Å². The SMILES string of the molecule is O=C(O)C(O)c1ccccc1-c1ccc(CCl)cc1. The number of alkyl halides is 1. The number of halogens is 1. The van der Waals surface area contributed by atoms with Crippen LogP contribution in [0.15, 0.2) is 48.5 Å². The Bertz CT molecular complexity index is 578. The second-order valence-corrected chi connectivity index (χ2v) is 4.43. The zero-order valence-electron chi connectivity index (χ0n) is 10.1. The highest BCUT2D eigenvalue weighted by Crippen LogP contribution is 2.28. The van der Waals surface area contributed by atoms with E-state index in [4.69, 9.17) is 16.7 Å². The van der Waals surface area contributed by atoms with Gasteiger partial charge in [-0.3, -0.25) is 0 Å². The van der Waals surface area contributed by atoms with Gasteiger partial charge < -0.3 is 10.2 Å². The van der Waals surface area contributed by atoms with E-state index in [2.05, 4.69) is 0 Å². The number of hydrogen-bond acceptors (Lipinski definition) is 2. The zero-order valence-corrected chi connectivity index (χ0v) is 10.8. The second kappa shape index (κ2) is 5.87. The summed E-state index contributed by atoms with van der Waals surface area (Å²) < 4.78 is 0. The first-order valence-corrected chi connectivity index (χ1v) is 6.32. The minimum atomic E-state index is -1.52. The maximum absolute atomic E-state index is 10.9. The highest BCUT2D eigenvalue weighted by Gasteiger charge is 2.19. The summed E-state index contributed by atoms with van der Waals surface area (Å²) in [5.41, 5.74) is 2.93. The maximum Gasteiger partial charge on any atom is 0.337 e. The predicted octanol–water partition coefficient (Wildman–Crippen LogP) is 3.21. The fourth-order valence-electron chi connectivity index (χ4n) is 1.90. The molecule has 0 spiro atoms. The van der Waals surface area contributed by atoms with E-state index >= 15 is 0 Å². The number of hydrogen-bond donors (Lipinski definition) is 2. The van der Waals surface area contributed by atoms with Crippen molar-refractivity contribution in [2.24, 2.45) is 0 Å². The van der Waals surface area contributed by atoms with E-state index in [-0.39, 0.29) is 0 Å². The Hall–Kier alpha value is -1.84. The molecule has 0 fully saturated rings. The number of aliphatic hydroxyl groups excluding tert-OH is 1. The van der Waals surface area contributed by atoms with Crippen molar-refractivity contribution < 1.29 is 15.0 Å². The van der Waals surface area contributed by atoms with Crippen LogP contribution in [0.4, 0.5) is 0 Å². The number of aliphatic carboxylic acids is 1. The van der Waals surface area contributed by atoms with Gasteiger partial charge in [0.25, 0.3) is 0 Å². The average Bonchev–Trinajstić information content (AvgIpc) is 2.46. The molecule has 0 bridgehead atoms. The lowest BCUT2D eigenvalue weighted by Crippen LogP contribution is -2.11. The third kappa shape index (κ3) is 2.95. The molecule has 0 heterocycles. The summed E-state index contributed by atoms with van der Waals surface area (Å²) in [5.74, 6) is -0.829. The molecule has 1 atom stereocenters. The van der Waals surface area contributed by atoms with Gasteiger partial charge in [0.1, 0.15) is 0 Å². The molecule has 1 unspecified atom stereocenters. The van der Waals surface area contributed by atoms with Crippen LogP contribution in [0.3, 0.4) is 0 Å². The third-order valence-electron chi connectivity index (χ3n) is 2.91. The van der Waals surface area contributed by atoms with Crippen molar-refractivity contribution in [2.45, 2.75) is 12.0 Å². The molecule has 0 saturated carbocycles. The summed E-state index contributed by atoms with van der Waals surface area (Å²) >= 11 is 5.73. The lowest BCUT2D eigenvalue weighted by molar-refractivity contribution is -0.146. The van der Waals surface area contributed by atoms with E-state index in [0.29, 0.717) is 17.0 Å². The molecule has 0 aliphatic rings. The molecule has 4 heteroatoms.